The second-order valence-electron chi connectivity index (χ2n) is 7.45. The van der Waals surface area contributed by atoms with Crippen molar-refractivity contribution in [3.63, 3.8) is 0 Å². The summed E-state index contributed by atoms with van der Waals surface area (Å²) in [5.74, 6) is -0.443. The number of hydrogen-bond acceptors (Lipinski definition) is 3. The molecule has 1 aliphatic carbocycles. The van der Waals surface area contributed by atoms with Crippen molar-refractivity contribution in [1.82, 2.24) is 15.5 Å². The van der Waals surface area contributed by atoms with E-state index in [-0.39, 0.29) is 24.8 Å². The Morgan fingerprint density at radius 1 is 1.30 bits per heavy atom. The highest BCUT2D eigenvalue weighted by Crippen LogP contribution is 2.37. The Morgan fingerprint density at radius 2 is 2.00 bits per heavy atom. The van der Waals surface area contributed by atoms with E-state index in [0.717, 1.165) is 24.2 Å². The van der Waals surface area contributed by atoms with Crippen LogP contribution in [0.4, 0.5) is 9.18 Å². The Bertz CT molecular complexity index is 729. The van der Waals surface area contributed by atoms with E-state index in [1.165, 1.54) is 6.07 Å². The Labute approximate surface area is 158 Å². The molecule has 2 fully saturated rings. The summed E-state index contributed by atoms with van der Waals surface area (Å²) >= 11 is 0. The molecule has 146 valence electrons. The first kappa shape index (κ1) is 19.3. The van der Waals surface area contributed by atoms with Gasteiger partial charge in [0.2, 0.25) is 5.91 Å². The number of halogens is 1. The zero-order chi connectivity index (χ0) is 19.4. The minimum absolute atomic E-state index is 0.243. The molecule has 27 heavy (non-hydrogen) atoms. The molecule has 2 aliphatic rings. The summed E-state index contributed by atoms with van der Waals surface area (Å²) in [5.41, 5.74) is -0.324. The lowest BCUT2D eigenvalue weighted by atomic mass is 9.75. The van der Waals surface area contributed by atoms with Gasteiger partial charge in [-0.25, -0.2) is 9.18 Å². The summed E-state index contributed by atoms with van der Waals surface area (Å²) in [6.45, 7) is 2.07. The molecule has 3 rings (SSSR count). The molecule has 1 aromatic rings. The van der Waals surface area contributed by atoms with Gasteiger partial charge in [0.1, 0.15) is 17.9 Å². The zero-order valence-electron chi connectivity index (χ0n) is 15.6. The molecule has 1 saturated carbocycles. The number of nitrogens with zero attached hydrogens (tertiary/aromatic N) is 1. The molecule has 0 aromatic heterocycles. The monoisotopic (exact) mass is 375 g/mol. The van der Waals surface area contributed by atoms with Gasteiger partial charge in [-0.05, 0) is 49.7 Å². The number of amides is 4. The number of rotatable bonds is 6. The summed E-state index contributed by atoms with van der Waals surface area (Å²) in [7, 11) is 0. The van der Waals surface area contributed by atoms with Crippen molar-refractivity contribution in [2.24, 2.45) is 5.92 Å². The summed E-state index contributed by atoms with van der Waals surface area (Å²) in [6, 6.07) is 5.88. The van der Waals surface area contributed by atoms with E-state index in [4.69, 9.17) is 0 Å². The van der Waals surface area contributed by atoms with E-state index >= 15 is 0 Å². The van der Waals surface area contributed by atoms with E-state index in [0.29, 0.717) is 30.7 Å². The first-order valence-corrected chi connectivity index (χ1v) is 9.59. The van der Waals surface area contributed by atoms with Crippen LogP contribution in [0.25, 0.3) is 0 Å². The lowest BCUT2D eigenvalue weighted by Gasteiger charge is -2.34. The van der Waals surface area contributed by atoms with Gasteiger partial charge in [0.05, 0.1) is 0 Å². The molecule has 0 bridgehead atoms. The number of carbonyl (C=O) groups excluding carboxylic acids is 3. The van der Waals surface area contributed by atoms with Gasteiger partial charge in [-0.3, -0.25) is 14.5 Å². The molecule has 1 saturated heterocycles. The fraction of sp³-hybridized carbons (Fsp3) is 0.550. The maximum atomic E-state index is 13.6. The van der Waals surface area contributed by atoms with Crippen LogP contribution in [0, 0.1) is 11.7 Å². The van der Waals surface area contributed by atoms with Gasteiger partial charge in [0.15, 0.2) is 0 Å². The molecular formula is C20H26FN3O3. The van der Waals surface area contributed by atoms with Crippen LogP contribution in [0.5, 0.6) is 0 Å². The van der Waals surface area contributed by atoms with Crippen molar-refractivity contribution < 1.29 is 18.8 Å². The summed E-state index contributed by atoms with van der Waals surface area (Å²) in [6.07, 6.45) is 4.49. The lowest BCUT2D eigenvalue weighted by Crippen LogP contribution is -2.50. The molecule has 4 amide bonds. The maximum absolute atomic E-state index is 13.6. The molecule has 1 spiro atoms. The Kier molecular flexibility index (Phi) is 5.77. The number of nitrogens with one attached hydrogen (secondary N) is 2. The second-order valence-corrected chi connectivity index (χ2v) is 7.45. The van der Waals surface area contributed by atoms with Gasteiger partial charge < -0.3 is 10.6 Å². The smallest absolute Gasteiger partial charge is 0.325 e. The van der Waals surface area contributed by atoms with Crippen LogP contribution < -0.4 is 10.6 Å². The van der Waals surface area contributed by atoms with Crippen LogP contribution in [0.15, 0.2) is 24.3 Å². The van der Waals surface area contributed by atoms with Gasteiger partial charge in [-0.1, -0.05) is 31.5 Å². The molecule has 0 radical (unpaired) electrons. The molecule has 6 nitrogen and oxygen atoms in total. The molecular weight excluding hydrogens is 349 g/mol. The van der Waals surface area contributed by atoms with E-state index in [9.17, 15) is 18.8 Å². The third-order valence-electron chi connectivity index (χ3n) is 5.76. The van der Waals surface area contributed by atoms with Gasteiger partial charge >= 0.3 is 6.03 Å². The van der Waals surface area contributed by atoms with Crippen molar-refractivity contribution in [3.05, 3.63) is 35.6 Å². The third kappa shape index (κ3) is 4.12. The molecule has 1 aromatic carbocycles. The van der Waals surface area contributed by atoms with Crippen molar-refractivity contribution in [2.45, 2.75) is 51.0 Å². The second kappa shape index (κ2) is 8.06. The normalized spacial score (nSPS) is 25.0. The van der Waals surface area contributed by atoms with Gasteiger partial charge in [0.25, 0.3) is 5.91 Å². The summed E-state index contributed by atoms with van der Waals surface area (Å²) < 4.78 is 13.6. The first-order chi connectivity index (χ1) is 12.9. The van der Waals surface area contributed by atoms with Gasteiger partial charge in [-0.2, -0.15) is 0 Å². The quantitative estimate of drug-likeness (QED) is 0.750. The van der Waals surface area contributed by atoms with E-state index in [1.54, 1.807) is 18.2 Å². The fourth-order valence-corrected chi connectivity index (χ4v) is 3.97. The number of carbonyl (C=O) groups is 3. The molecule has 1 aliphatic heterocycles. The average Bonchev–Trinajstić information content (AvgIpc) is 2.88. The minimum Gasteiger partial charge on any atom is -0.354 e. The standard InChI is InChI=1S/C20H26FN3O3/c1-2-14-7-10-20(11-8-14)18(26)24(19(27)23-20)13-17(25)22-12-9-15-5-3-4-6-16(15)21/h3-6,14H,2,7-13H2,1H3,(H,22,25)(H,23,27). The first-order valence-electron chi connectivity index (χ1n) is 9.59. The van der Waals surface area contributed by atoms with Gasteiger partial charge in [0, 0.05) is 6.54 Å². The number of imide groups is 1. The highest BCUT2D eigenvalue weighted by atomic mass is 19.1. The average molecular weight is 375 g/mol. The topological polar surface area (TPSA) is 78.5 Å². The van der Waals surface area contributed by atoms with E-state index in [1.807, 2.05) is 0 Å². The lowest BCUT2D eigenvalue weighted by molar-refractivity contribution is -0.136. The van der Waals surface area contributed by atoms with Crippen LogP contribution in [0.2, 0.25) is 0 Å². The van der Waals surface area contributed by atoms with Crippen molar-refractivity contribution in [1.29, 1.82) is 0 Å². The highest BCUT2D eigenvalue weighted by molar-refractivity contribution is 6.09. The Morgan fingerprint density at radius 3 is 2.67 bits per heavy atom. The van der Waals surface area contributed by atoms with Gasteiger partial charge in [-0.15, -0.1) is 0 Å². The SMILES string of the molecule is CCC1CCC2(CC1)NC(=O)N(CC(=O)NCCc1ccccc1F)C2=O. The molecule has 2 N–H and O–H groups in total. The van der Waals surface area contributed by atoms with Crippen LogP contribution in [-0.4, -0.2) is 41.4 Å². The van der Waals surface area contributed by atoms with E-state index < -0.39 is 17.5 Å². The third-order valence-corrected chi connectivity index (χ3v) is 5.76. The summed E-state index contributed by atoms with van der Waals surface area (Å²) in [5, 5.41) is 5.47. The molecule has 1 heterocycles. The Hall–Kier alpha value is -2.44. The molecule has 0 atom stereocenters. The molecule has 0 unspecified atom stereocenters. The predicted octanol–water partition coefficient (Wildman–Crippen LogP) is 2.38. The van der Waals surface area contributed by atoms with E-state index in [2.05, 4.69) is 17.6 Å². The van der Waals surface area contributed by atoms with Crippen LogP contribution in [0.3, 0.4) is 0 Å². The van der Waals surface area contributed by atoms with Crippen LogP contribution in [-0.2, 0) is 16.0 Å². The zero-order valence-corrected chi connectivity index (χ0v) is 15.6. The fourth-order valence-electron chi connectivity index (χ4n) is 3.97. The predicted molar refractivity (Wildman–Crippen MR) is 98.3 cm³/mol. The molecule has 7 heteroatoms. The number of urea groups is 1. The minimum atomic E-state index is -0.837. The highest BCUT2D eigenvalue weighted by Gasteiger charge is 2.52. The van der Waals surface area contributed by atoms with Crippen LogP contribution >= 0.6 is 0 Å². The van der Waals surface area contributed by atoms with Crippen LogP contribution in [0.1, 0.15) is 44.6 Å². The Balaban J connectivity index is 1.51. The maximum Gasteiger partial charge on any atom is 0.325 e. The largest absolute Gasteiger partial charge is 0.354 e. The number of benzene rings is 1. The van der Waals surface area contributed by atoms with Crippen molar-refractivity contribution in [2.75, 3.05) is 13.1 Å². The number of hydrogen-bond donors (Lipinski definition) is 2. The summed E-state index contributed by atoms with van der Waals surface area (Å²) in [4.78, 5) is 38.2. The van der Waals surface area contributed by atoms with Crippen molar-refractivity contribution in [3.8, 4) is 0 Å². The van der Waals surface area contributed by atoms with Crippen molar-refractivity contribution >= 4 is 17.8 Å².